The van der Waals surface area contributed by atoms with Gasteiger partial charge < -0.3 is 4.85 Å². The maximum atomic E-state index is 7.81. The van der Waals surface area contributed by atoms with E-state index in [1.54, 1.807) is 5.57 Å². The molecule has 3 fully saturated rings. The van der Waals surface area contributed by atoms with E-state index in [1.807, 2.05) is 0 Å². The molecule has 0 aromatic rings. The fraction of sp³-hybridized carbons (Fsp3) is 0.857. The zero-order chi connectivity index (χ0) is 15.7. The molecule has 4 aliphatic rings. The van der Waals surface area contributed by atoms with Gasteiger partial charge in [0.25, 0.3) is 0 Å². The Labute approximate surface area is 136 Å². The van der Waals surface area contributed by atoms with Crippen LogP contribution < -0.4 is 0 Å². The molecule has 22 heavy (non-hydrogen) atoms. The first kappa shape index (κ1) is 14.8. The quantitative estimate of drug-likeness (QED) is 0.397. The lowest BCUT2D eigenvalue weighted by Gasteiger charge is -2.59. The lowest BCUT2D eigenvalue weighted by molar-refractivity contribution is -0.0624. The Morgan fingerprint density at radius 3 is 2.73 bits per heavy atom. The van der Waals surface area contributed by atoms with E-state index in [0.717, 1.165) is 36.0 Å². The van der Waals surface area contributed by atoms with Crippen molar-refractivity contribution in [2.45, 2.75) is 71.8 Å². The van der Waals surface area contributed by atoms with Gasteiger partial charge in [-0.05, 0) is 67.1 Å². The van der Waals surface area contributed by atoms with Crippen LogP contribution in [0, 0.1) is 47.5 Å². The van der Waals surface area contributed by atoms with Gasteiger partial charge in [0.2, 0.25) is 5.54 Å². The molecule has 1 heteroatoms. The Morgan fingerprint density at radius 2 is 2.00 bits per heavy atom. The molecular weight excluding hydrogens is 266 g/mol. The van der Waals surface area contributed by atoms with E-state index >= 15 is 0 Å². The maximum Gasteiger partial charge on any atom is 0.233 e. The summed E-state index contributed by atoms with van der Waals surface area (Å²) in [7, 11) is 0. The van der Waals surface area contributed by atoms with Crippen molar-refractivity contribution in [1.29, 1.82) is 0 Å². The van der Waals surface area contributed by atoms with Crippen molar-refractivity contribution in [1.82, 2.24) is 0 Å². The molecule has 1 nitrogen and oxygen atoms in total. The number of hydrogen-bond donors (Lipinski definition) is 0. The summed E-state index contributed by atoms with van der Waals surface area (Å²) in [5, 5.41) is 0. The van der Waals surface area contributed by atoms with Crippen molar-refractivity contribution in [2.24, 2.45) is 40.9 Å². The minimum absolute atomic E-state index is 0.0682. The van der Waals surface area contributed by atoms with Crippen LogP contribution in [0.2, 0.25) is 0 Å². The molecule has 4 rings (SSSR count). The van der Waals surface area contributed by atoms with Gasteiger partial charge in [0, 0.05) is 19.3 Å². The van der Waals surface area contributed by atoms with Crippen LogP contribution in [-0.4, -0.2) is 5.54 Å². The summed E-state index contributed by atoms with van der Waals surface area (Å²) in [5.74, 6) is 4.97. The van der Waals surface area contributed by atoms with E-state index in [2.05, 4.69) is 38.6 Å². The predicted octanol–water partition coefficient (Wildman–Crippen LogP) is 5.73. The highest BCUT2D eigenvalue weighted by Crippen LogP contribution is 2.64. The van der Waals surface area contributed by atoms with Crippen LogP contribution in [0.5, 0.6) is 0 Å². The van der Waals surface area contributed by atoms with Crippen molar-refractivity contribution >= 4 is 0 Å². The van der Waals surface area contributed by atoms with Crippen LogP contribution in [0.25, 0.3) is 4.85 Å². The zero-order valence-corrected chi connectivity index (χ0v) is 14.7. The molecule has 0 aliphatic heterocycles. The molecule has 3 saturated carbocycles. The lowest BCUT2D eigenvalue weighted by atomic mass is 9.44. The largest absolute Gasteiger partial charge is 0.310 e. The number of rotatable bonds is 0. The summed E-state index contributed by atoms with van der Waals surface area (Å²) in [6.07, 6.45) is 10.5. The first-order chi connectivity index (χ1) is 10.3. The second kappa shape index (κ2) is 4.62. The summed E-state index contributed by atoms with van der Waals surface area (Å²) < 4.78 is 0. The van der Waals surface area contributed by atoms with Crippen molar-refractivity contribution in [3.63, 3.8) is 0 Å². The first-order valence-corrected chi connectivity index (χ1v) is 9.45. The molecule has 0 N–H and O–H groups in total. The molecule has 0 radical (unpaired) electrons. The van der Waals surface area contributed by atoms with E-state index in [9.17, 15) is 0 Å². The highest BCUT2D eigenvalue weighted by atomic mass is 14.8. The fourth-order valence-electron chi connectivity index (χ4n) is 7.14. The van der Waals surface area contributed by atoms with Gasteiger partial charge in [0.1, 0.15) is 0 Å². The van der Waals surface area contributed by atoms with Crippen LogP contribution in [0.4, 0.5) is 0 Å². The standard InChI is InChI=1S/C21H31N/c1-13-10-15-12-20(2,3)11-14-6-7-17-19(18(14)15)16(13)8-9-21(17,4)22-5/h11,13,15-19H,6-10,12H2,1-4H3/t13?,15-,16?,17?,18?,19+,21-/m0/s1. The van der Waals surface area contributed by atoms with E-state index < -0.39 is 0 Å². The topological polar surface area (TPSA) is 4.36 Å². The summed E-state index contributed by atoms with van der Waals surface area (Å²) in [4.78, 5) is 4.17. The molecule has 0 spiro atoms. The van der Waals surface area contributed by atoms with Crippen molar-refractivity contribution in [3.05, 3.63) is 23.1 Å². The second-order valence-corrected chi connectivity index (χ2v) is 9.80. The van der Waals surface area contributed by atoms with Gasteiger partial charge in [-0.25, -0.2) is 6.57 Å². The molecule has 0 heterocycles. The van der Waals surface area contributed by atoms with Crippen LogP contribution in [0.1, 0.15) is 66.2 Å². The molecule has 0 aromatic carbocycles. The van der Waals surface area contributed by atoms with E-state index in [0.29, 0.717) is 11.3 Å². The number of hydrogen-bond acceptors (Lipinski definition) is 0. The molecule has 0 saturated heterocycles. The van der Waals surface area contributed by atoms with Gasteiger partial charge >= 0.3 is 0 Å². The monoisotopic (exact) mass is 297 g/mol. The third kappa shape index (κ3) is 1.95. The van der Waals surface area contributed by atoms with Crippen molar-refractivity contribution in [2.75, 3.05) is 0 Å². The molecular formula is C21H31N. The number of nitrogens with zero attached hydrogens (tertiary/aromatic N) is 1. The Morgan fingerprint density at radius 1 is 1.23 bits per heavy atom. The van der Waals surface area contributed by atoms with Gasteiger partial charge in [0.05, 0.1) is 0 Å². The zero-order valence-electron chi connectivity index (χ0n) is 14.7. The average molecular weight is 297 g/mol. The smallest absolute Gasteiger partial charge is 0.233 e. The van der Waals surface area contributed by atoms with Gasteiger partial charge in [-0.1, -0.05) is 32.4 Å². The highest BCUT2D eigenvalue weighted by molar-refractivity contribution is 5.26. The summed E-state index contributed by atoms with van der Waals surface area (Å²) in [6, 6.07) is 0. The van der Waals surface area contributed by atoms with Crippen LogP contribution >= 0.6 is 0 Å². The fourth-order valence-corrected chi connectivity index (χ4v) is 7.14. The summed E-state index contributed by atoms with van der Waals surface area (Å²) in [6.45, 7) is 17.5. The molecule has 4 aliphatic carbocycles. The molecule has 4 unspecified atom stereocenters. The Hall–Kier alpha value is -0.770. The molecule has 120 valence electrons. The normalized spacial score (nSPS) is 52.2. The van der Waals surface area contributed by atoms with Gasteiger partial charge in [-0.3, -0.25) is 0 Å². The van der Waals surface area contributed by atoms with E-state index in [-0.39, 0.29) is 5.54 Å². The minimum Gasteiger partial charge on any atom is -0.310 e. The van der Waals surface area contributed by atoms with Crippen LogP contribution in [0.3, 0.4) is 0 Å². The molecule has 7 atom stereocenters. The molecule has 0 bridgehead atoms. The van der Waals surface area contributed by atoms with Crippen molar-refractivity contribution in [3.8, 4) is 0 Å². The predicted molar refractivity (Wildman–Crippen MR) is 91.2 cm³/mol. The highest BCUT2D eigenvalue weighted by Gasteiger charge is 2.60. The third-order valence-electron chi connectivity index (χ3n) is 7.86. The summed E-state index contributed by atoms with van der Waals surface area (Å²) >= 11 is 0. The summed E-state index contributed by atoms with van der Waals surface area (Å²) in [5.41, 5.74) is 2.11. The Kier molecular flexibility index (Phi) is 3.11. The van der Waals surface area contributed by atoms with Gasteiger partial charge in [-0.15, -0.1) is 0 Å². The molecule has 0 aromatic heterocycles. The maximum absolute atomic E-state index is 7.81. The van der Waals surface area contributed by atoms with Gasteiger partial charge in [0.15, 0.2) is 0 Å². The van der Waals surface area contributed by atoms with E-state index in [1.165, 1.54) is 32.1 Å². The minimum atomic E-state index is -0.0682. The third-order valence-corrected chi connectivity index (χ3v) is 7.86. The van der Waals surface area contributed by atoms with Crippen LogP contribution in [-0.2, 0) is 0 Å². The first-order valence-electron chi connectivity index (χ1n) is 9.45. The second-order valence-electron chi connectivity index (χ2n) is 9.80. The molecule has 0 amide bonds. The van der Waals surface area contributed by atoms with Crippen molar-refractivity contribution < 1.29 is 0 Å². The average Bonchev–Trinajstić information content (AvgIpc) is 2.45. The lowest BCUT2D eigenvalue weighted by Crippen LogP contribution is -2.56. The Balaban J connectivity index is 1.79. The number of allylic oxidation sites excluding steroid dienone is 2. The van der Waals surface area contributed by atoms with E-state index in [4.69, 9.17) is 6.57 Å². The van der Waals surface area contributed by atoms with Gasteiger partial charge in [-0.2, -0.15) is 0 Å². The SMILES string of the molecule is [C-]#[N+][C@@]1(C)CCC2C(C)C[C@H]3CC(C)(C)C=C4CCC1[C@@H]2C43. The van der Waals surface area contributed by atoms with Crippen LogP contribution in [0.15, 0.2) is 11.6 Å². The Bertz CT molecular complexity index is 551.